The van der Waals surface area contributed by atoms with E-state index >= 15 is 0 Å². The highest BCUT2D eigenvalue weighted by Gasteiger charge is 2.19. The van der Waals surface area contributed by atoms with Gasteiger partial charge in [-0.1, -0.05) is 170 Å². The smallest absolute Gasteiger partial charge is 0.143 e. The quantitative estimate of drug-likeness (QED) is 0.145. The van der Waals surface area contributed by atoms with Gasteiger partial charge >= 0.3 is 0 Å². The minimum atomic E-state index is -0.106. The van der Waals surface area contributed by atoms with Crippen LogP contribution in [0.25, 0.3) is 98.4 Å². The standard InChI is InChI=1S/C46H28O/c1-2-13-30(14-3-1)42-36-18-7-9-20-38(36)43(39-21-10-8-19-37(39)42)31-27-25-29(26-28-31)32-23-12-24-41-44-35-17-6-4-15-33(35)34-16-5-11-22-40(34)46(44)47-45(32)41/h1-28H/i12D,23D,24D. The molecule has 1 aromatic heterocycles. The Morgan fingerprint density at radius 3 is 1.38 bits per heavy atom. The molecule has 0 unspecified atom stereocenters. The Bertz CT molecular complexity index is 2940. The summed E-state index contributed by atoms with van der Waals surface area (Å²) < 4.78 is 33.9. The van der Waals surface area contributed by atoms with Crippen molar-refractivity contribution in [1.29, 1.82) is 0 Å². The Hall–Kier alpha value is -6.18. The number of para-hydroxylation sites is 1. The monoisotopic (exact) mass is 599 g/mol. The van der Waals surface area contributed by atoms with Crippen LogP contribution in [-0.2, 0) is 0 Å². The molecule has 0 saturated carbocycles. The van der Waals surface area contributed by atoms with Crippen LogP contribution in [0.4, 0.5) is 0 Å². The summed E-state index contributed by atoms with van der Waals surface area (Å²) in [6, 6.07) is 52.3. The molecule has 0 saturated heterocycles. The van der Waals surface area contributed by atoms with Gasteiger partial charge in [-0.2, -0.15) is 0 Å². The molecule has 1 nitrogen and oxygen atoms in total. The molecular formula is C46H28O. The number of hydrogen-bond acceptors (Lipinski definition) is 1. The largest absolute Gasteiger partial charge is 0.455 e. The van der Waals surface area contributed by atoms with E-state index in [1.54, 1.807) is 0 Å². The normalized spacial score (nSPS) is 12.7. The molecule has 10 rings (SSSR count). The summed E-state index contributed by atoms with van der Waals surface area (Å²) in [5.74, 6) is 0. The second-order valence-electron chi connectivity index (χ2n) is 12.1. The number of rotatable bonds is 3. The van der Waals surface area contributed by atoms with Gasteiger partial charge in [0.15, 0.2) is 0 Å². The van der Waals surface area contributed by atoms with Crippen LogP contribution in [0.2, 0.25) is 0 Å². The third-order valence-electron chi connectivity index (χ3n) is 9.62. The van der Waals surface area contributed by atoms with Gasteiger partial charge in [-0.3, -0.25) is 0 Å². The summed E-state index contributed by atoms with van der Waals surface area (Å²) in [7, 11) is 0. The summed E-state index contributed by atoms with van der Waals surface area (Å²) in [6.45, 7) is 0. The minimum absolute atomic E-state index is 0.00830. The van der Waals surface area contributed by atoms with Crippen molar-refractivity contribution < 1.29 is 8.53 Å². The zero-order chi connectivity index (χ0) is 33.5. The van der Waals surface area contributed by atoms with Crippen molar-refractivity contribution in [2.24, 2.45) is 0 Å². The highest BCUT2D eigenvalue weighted by atomic mass is 16.3. The maximum Gasteiger partial charge on any atom is 0.143 e. The van der Waals surface area contributed by atoms with Crippen molar-refractivity contribution in [1.82, 2.24) is 0 Å². The van der Waals surface area contributed by atoms with Crippen molar-refractivity contribution >= 4 is 65.0 Å². The molecule has 0 amide bonds. The van der Waals surface area contributed by atoms with E-state index in [2.05, 4.69) is 109 Å². The first-order valence-corrected chi connectivity index (χ1v) is 15.9. The summed E-state index contributed by atoms with van der Waals surface area (Å²) in [6.07, 6.45) is 0. The lowest BCUT2D eigenvalue weighted by Gasteiger charge is -2.18. The molecule has 9 aromatic carbocycles. The third-order valence-corrected chi connectivity index (χ3v) is 9.62. The molecule has 1 heterocycles. The molecular weight excluding hydrogens is 569 g/mol. The lowest BCUT2D eigenvalue weighted by atomic mass is 9.85. The van der Waals surface area contributed by atoms with Crippen LogP contribution in [0.15, 0.2) is 174 Å². The predicted octanol–water partition coefficient (Wildman–Crippen LogP) is 13.2. The first kappa shape index (κ1) is 23.2. The van der Waals surface area contributed by atoms with Crippen LogP contribution in [0.1, 0.15) is 4.11 Å². The van der Waals surface area contributed by atoms with E-state index in [4.69, 9.17) is 8.53 Å². The fraction of sp³-hybridized carbons (Fsp3) is 0. The predicted molar refractivity (Wildman–Crippen MR) is 200 cm³/mol. The molecule has 218 valence electrons. The zero-order valence-electron chi connectivity index (χ0n) is 28.3. The second-order valence-corrected chi connectivity index (χ2v) is 12.1. The highest BCUT2D eigenvalue weighted by molar-refractivity contribution is 6.31. The van der Waals surface area contributed by atoms with Gasteiger partial charge in [0.25, 0.3) is 0 Å². The average molecular weight is 600 g/mol. The Kier molecular flexibility index (Phi) is 5.02. The molecule has 0 fully saturated rings. The Balaban J connectivity index is 1.24. The fourth-order valence-corrected chi connectivity index (χ4v) is 7.60. The van der Waals surface area contributed by atoms with Crippen molar-refractivity contribution in [2.45, 2.75) is 0 Å². The minimum Gasteiger partial charge on any atom is -0.455 e. The maximum absolute atomic E-state index is 9.13. The third kappa shape index (κ3) is 3.84. The topological polar surface area (TPSA) is 13.1 Å². The molecule has 0 aliphatic heterocycles. The van der Waals surface area contributed by atoms with Crippen LogP contribution >= 0.6 is 0 Å². The molecule has 47 heavy (non-hydrogen) atoms. The fourth-order valence-electron chi connectivity index (χ4n) is 7.60. The van der Waals surface area contributed by atoms with E-state index in [0.29, 0.717) is 22.1 Å². The van der Waals surface area contributed by atoms with Gasteiger partial charge in [-0.25, -0.2) is 0 Å². The van der Waals surface area contributed by atoms with Crippen LogP contribution in [0, 0.1) is 0 Å². The van der Waals surface area contributed by atoms with Crippen molar-refractivity contribution in [3.63, 3.8) is 0 Å². The van der Waals surface area contributed by atoms with Gasteiger partial charge in [0.1, 0.15) is 11.2 Å². The molecule has 0 aliphatic carbocycles. The van der Waals surface area contributed by atoms with E-state index in [0.717, 1.165) is 43.6 Å². The van der Waals surface area contributed by atoms with Crippen molar-refractivity contribution in [3.8, 4) is 33.4 Å². The summed E-state index contributed by atoms with van der Waals surface area (Å²) >= 11 is 0. The van der Waals surface area contributed by atoms with Gasteiger partial charge in [0.2, 0.25) is 0 Å². The van der Waals surface area contributed by atoms with Crippen molar-refractivity contribution in [3.05, 3.63) is 170 Å². The Labute approximate surface area is 276 Å². The first-order valence-electron chi connectivity index (χ1n) is 17.4. The van der Waals surface area contributed by atoms with Crippen LogP contribution in [0.5, 0.6) is 0 Å². The molecule has 0 radical (unpaired) electrons. The Morgan fingerprint density at radius 1 is 0.340 bits per heavy atom. The van der Waals surface area contributed by atoms with Gasteiger partial charge < -0.3 is 4.42 Å². The van der Waals surface area contributed by atoms with Gasteiger partial charge in [-0.05, 0) is 65.5 Å². The molecule has 10 aromatic rings. The molecule has 0 aliphatic rings. The Morgan fingerprint density at radius 2 is 0.787 bits per heavy atom. The summed E-state index contributed by atoms with van der Waals surface area (Å²) in [4.78, 5) is 0. The zero-order valence-corrected chi connectivity index (χ0v) is 25.3. The van der Waals surface area contributed by atoms with Gasteiger partial charge in [-0.15, -0.1) is 0 Å². The van der Waals surface area contributed by atoms with E-state index in [9.17, 15) is 0 Å². The number of hydrogen-bond donors (Lipinski definition) is 0. The molecule has 0 bridgehead atoms. The number of fused-ring (bicyclic) bond motifs is 10. The van der Waals surface area contributed by atoms with E-state index < -0.39 is 0 Å². The number of furan rings is 1. The van der Waals surface area contributed by atoms with Crippen LogP contribution < -0.4 is 0 Å². The summed E-state index contributed by atoms with van der Waals surface area (Å²) in [5.41, 5.74) is 7.10. The molecule has 1 heteroatoms. The van der Waals surface area contributed by atoms with Crippen LogP contribution in [0.3, 0.4) is 0 Å². The molecule has 0 N–H and O–H groups in total. The van der Waals surface area contributed by atoms with E-state index in [1.807, 2.05) is 42.5 Å². The second kappa shape index (κ2) is 10.2. The first-order chi connectivity index (χ1) is 24.6. The average Bonchev–Trinajstić information content (AvgIpc) is 3.58. The van der Waals surface area contributed by atoms with Gasteiger partial charge in [0.05, 0.1) is 4.11 Å². The summed E-state index contributed by atoms with van der Waals surface area (Å²) in [5, 5.41) is 10.2. The highest BCUT2D eigenvalue weighted by Crippen LogP contribution is 2.46. The van der Waals surface area contributed by atoms with Gasteiger partial charge in [0, 0.05) is 21.7 Å². The lowest BCUT2D eigenvalue weighted by molar-refractivity contribution is 0.674. The van der Waals surface area contributed by atoms with E-state index in [1.165, 1.54) is 32.7 Å². The lowest BCUT2D eigenvalue weighted by Crippen LogP contribution is -1.90. The molecule has 0 atom stereocenters. The van der Waals surface area contributed by atoms with Crippen molar-refractivity contribution in [2.75, 3.05) is 0 Å². The molecule has 0 spiro atoms. The number of benzene rings is 9. The van der Waals surface area contributed by atoms with Crippen LogP contribution in [-0.4, -0.2) is 0 Å². The SMILES string of the molecule is [2H]c1c([2H])c([2H])c2c(oc3c4ccccc4c4ccccc4c32)c1-c1ccc(-c2c3ccccc3c(-c3ccccc3)c3ccccc23)cc1. The maximum atomic E-state index is 9.13. The van der Waals surface area contributed by atoms with E-state index in [-0.39, 0.29) is 18.1 Å².